The van der Waals surface area contributed by atoms with Crippen LogP contribution >= 0.6 is 0 Å². The summed E-state index contributed by atoms with van der Waals surface area (Å²) in [5, 5.41) is 8.98. The molecule has 0 radical (unpaired) electrons. The summed E-state index contributed by atoms with van der Waals surface area (Å²) >= 11 is 0. The van der Waals surface area contributed by atoms with Crippen molar-refractivity contribution in [1.29, 1.82) is 0 Å². The molecule has 0 aromatic heterocycles. The highest BCUT2D eigenvalue weighted by molar-refractivity contribution is 5.93. The molecule has 4 heteroatoms. The summed E-state index contributed by atoms with van der Waals surface area (Å²) in [6.45, 7) is 0.415. The monoisotopic (exact) mass is 183 g/mol. The van der Waals surface area contributed by atoms with Crippen molar-refractivity contribution in [1.82, 2.24) is 4.90 Å². The van der Waals surface area contributed by atoms with E-state index in [0.717, 1.165) is 0 Å². The van der Waals surface area contributed by atoms with E-state index in [1.165, 1.54) is 4.90 Å². The first kappa shape index (κ1) is 10.0. The fourth-order valence-corrected chi connectivity index (χ4v) is 1.55. The van der Waals surface area contributed by atoms with Gasteiger partial charge in [-0.25, -0.2) is 0 Å². The number of aliphatic hydroxyl groups excluding tert-OH is 1. The maximum Gasteiger partial charge on any atom is 0.298 e. The van der Waals surface area contributed by atoms with Gasteiger partial charge in [0.25, 0.3) is 5.91 Å². The third-order valence-corrected chi connectivity index (χ3v) is 2.30. The predicted octanol–water partition coefficient (Wildman–Crippen LogP) is -0.772. The van der Waals surface area contributed by atoms with Crippen LogP contribution in [0.4, 0.5) is 0 Å². The normalized spacial score (nSPS) is 27.3. The van der Waals surface area contributed by atoms with Crippen LogP contribution in [0.5, 0.6) is 0 Å². The van der Waals surface area contributed by atoms with Crippen LogP contribution in [0, 0.1) is 12.3 Å². The fraction of sp³-hybridized carbons (Fsp3) is 0.667. The lowest BCUT2D eigenvalue weighted by Crippen LogP contribution is -2.37. The molecule has 0 unspecified atom stereocenters. The number of terminal acetylenes is 1. The van der Waals surface area contributed by atoms with E-state index < -0.39 is 0 Å². The lowest BCUT2D eigenvalue weighted by Gasteiger charge is -2.19. The van der Waals surface area contributed by atoms with Crippen LogP contribution in [0.15, 0.2) is 0 Å². The summed E-state index contributed by atoms with van der Waals surface area (Å²) in [6.07, 6.45) is 5.64. The molecule has 0 aliphatic carbocycles. The van der Waals surface area contributed by atoms with Gasteiger partial charge in [0, 0.05) is 13.7 Å². The Morgan fingerprint density at radius 3 is 3.00 bits per heavy atom. The Labute approximate surface area is 77.5 Å². The van der Waals surface area contributed by atoms with Gasteiger partial charge >= 0.3 is 0 Å². The van der Waals surface area contributed by atoms with E-state index in [-0.39, 0.29) is 24.7 Å². The standard InChI is InChI=1S/C9H13NO3/c1-3-9(12)10-5-8(13-2)4-7(10)6-11/h1,7-8,11H,4-6H2,2H3/t7-,8+/m0/s1. The highest BCUT2D eigenvalue weighted by atomic mass is 16.5. The highest BCUT2D eigenvalue weighted by Crippen LogP contribution is 2.19. The Morgan fingerprint density at radius 2 is 2.54 bits per heavy atom. The minimum absolute atomic E-state index is 0.00514. The highest BCUT2D eigenvalue weighted by Gasteiger charge is 2.33. The van der Waals surface area contributed by atoms with E-state index in [0.29, 0.717) is 13.0 Å². The molecule has 72 valence electrons. The minimum Gasteiger partial charge on any atom is -0.394 e. The van der Waals surface area contributed by atoms with Gasteiger partial charge in [-0.15, -0.1) is 6.42 Å². The quantitative estimate of drug-likeness (QED) is 0.572. The first-order valence-electron chi connectivity index (χ1n) is 4.13. The molecule has 0 bridgehead atoms. The molecule has 0 saturated carbocycles. The number of hydrogen-bond acceptors (Lipinski definition) is 3. The maximum atomic E-state index is 11.2. The van der Waals surface area contributed by atoms with Crippen LogP contribution in [0.25, 0.3) is 0 Å². The van der Waals surface area contributed by atoms with Crippen molar-refractivity contribution in [2.45, 2.75) is 18.6 Å². The summed E-state index contributed by atoms with van der Waals surface area (Å²) in [7, 11) is 1.59. The smallest absolute Gasteiger partial charge is 0.298 e. The summed E-state index contributed by atoms with van der Waals surface area (Å²) < 4.78 is 5.09. The number of hydrogen-bond donors (Lipinski definition) is 1. The molecule has 1 aliphatic heterocycles. The first-order valence-corrected chi connectivity index (χ1v) is 4.13. The number of methoxy groups -OCH3 is 1. The van der Waals surface area contributed by atoms with Gasteiger partial charge in [-0.05, 0) is 12.3 Å². The Kier molecular flexibility index (Phi) is 3.29. The van der Waals surface area contributed by atoms with Crippen LogP contribution in [-0.2, 0) is 9.53 Å². The van der Waals surface area contributed by atoms with Gasteiger partial charge < -0.3 is 14.7 Å². The average molecular weight is 183 g/mol. The molecule has 1 fully saturated rings. The third kappa shape index (κ3) is 2.00. The van der Waals surface area contributed by atoms with E-state index in [9.17, 15) is 4.79 Å². The van der Waals surface area contributed by atoms with Crippen LogP contribution in [-0.4, -0.2) is 48.3 Å². The van der Waals surface area contributed by atoms with Gasteiger partial charge in [-0.3, -0.25) is 4.79 Å². The fourth-order valence-electron chi connectivity index (χ4n) is 1.55. The lowest BCUT2D eigenvalue weighted by atomic mass is 10.2. The van der Waals surface area contributed by atoms with Gasteiger partial charge in [-0.2, -0.15) is 0 Å². The molecule has 4 nitrogen and oxygen atoms in total. The molecule has 1 rings (SSSR count). The second-order valence-corrected chi connectivity index (χ2v) is 3.03. The maximum absolute atomic E-state index is 11.2. The summed E-state index contributed by atoms with van der Waals surface area (Å²) in [5.41, 5.74) is 0. The van der Waals surface area contributed by atoms with Crippen LogP contribution < -0.4 is 0 Å². The molecule has 0 aromatic carbocycles. The number of amides is 1. The average Bonchev–Trinajstić information content (AvgIpc) is 2.59. The van der Waals surface area contributed by atoms with Gasteiger partial charge in [-0.1, -0.05) is 0 Å². The van der Waals surface area contributed by atoms with E-state index in [2.05, 4.69) is 0 Å². The molecule has 0 aromatic rings. The zero-order valence-corrected chi connectivity index (χ0v) is 7.56. The van der Waals surface area contributed by atoms with Gasteiger partial charge in [0.2, 0.25) is 0 Å². The Balaban J connectivity index is 2.64. The molecule has 1 saturated heterocycles. The molecule has 1 heterocycles. The summed E-state index contributed by atoms with van der Waals surface area (Å²) in [6, 6.07) is -0.187. The second kappa shape index (κ2) is 4.26. The van der Waals surface area contributed by atoms with Gasteiger partial charge in [0.05, 0.1) is 18.8 Å². The first-order chi connectivity index (χ1) is 6.22. The van der Waals surface area contributed by atoms with E-state index in [4.69, 9.17) is 16.3 Å². The Hall–Kier alpha value is -1.05. The molecule has 13 heavy (non-hydrogen) atoms. The van der Waals surface area contributed by atoms with Crippen molar-refractivity contribution in [2.24, 2.45) is 0 Å². The molecular weight excluding hydrogens is 170 g/mol. The predicted molar refractivity (Wildman–Crippen MR) is 46.8 cm³/mol. The van der Waals surface area contributed by atoms with Crippen LogP contribution in [0.1, 0.15) is 6.42 Å². The van der Waals surface area contributed by atoms with Crippen molar-refractivity contribution in [3.63, 3.8) is 0 Å². The largest absolute Gasteiger partial charge is 0.394 e. The summed E-state index contributed by atoms with van der Waals surface area (Å²) in [4.78, 5) is 12.6. The topological polar surface area (TPSA) is 49.8 Å². The number of rotatable bonds is 2. The zero-order chi connectivity index (χ0) is 9.84. The lowest BCUT2D eigenvalue weighted by molar-refractivity contribution is -0.126. The van der Waals surface area contributed by atoms with Crippen LogP contribution in [0.2, 0.25) is 0 Å². The third-order valence-electron chi connectivity index (χ3n) is 2.30. The van der Waals surface area contributed by atoms with E-state index in [1.54, 1.807) is 7.11 Å². The van der Waals surface area contributed by atoms with Gasteiger partial charge in [0.15, 0.2) is 0 Å². The number of nitrogens with zero attached hydrogens (tertiary/aromatic N) is 1. The van der Waals surface area contributed by atoms with Crippen molar-refractivity contribution in [3.8, 4) is 12.3 Å². The minimum atomic E-state index is -0.376. The molecule has 0 spiro atoms. The number of likely N-dealkylation sites (tertiary alicyclic amines) is 1. The SMILES string of the molecule is C#CC(=O)N1C[C@H](OC)C[C@H]1CO. The Morgan fingerprint density at radius 1 is 1.85 bits per heavy atom. The van der Waals surface area contributed by atoms with Crippen molar-refractivity contribution >= 4 is 5.91 Å². The van der Waals surface area contributed by atoms with Crippen molar-refractivity contribution in [2.75, 3.05) is 20.3 Å². The molecule has 2 atom stereocenters. The van der Waals surface area contributed by atoms with E-state index >= 15 is 0 Å². The number of carbonyl (C=O) groups excluding carboxylic acids is 1. The van der Waals surface area contributed by atoms with Gasteiger partial charge in [0.1, 0.15) is 0 Å². The van der Waals surface area contributed by atoms with Crippen molar-refractivity contribution < 1.29 is 14.6 Å². The van der Waals surface area contributed by atoms with E-state index in [1.807, 2.05) is 5.92 Å². The van der Waals surface area contributed by atoms with Crippen molar-refractivity contribution in [3.05, 3.63) is 0 Å². The Bertz CT molecular complexity index is 234. The molecule has 1 amide bonds. The molecular formula is C9H13NO3. The number of carbonyl (C=O) groups is 1. The number of ether oxygens (including phenoxy) is 1. The van der Waals surface area contributed by atoms with Crippen LogP contribution in [0.3, 0.4) is 0 Å². The zero-order valence-electron chi connectivity index (χ0n) is 7.56. The molecule has 1 aliphatic rings. The second-order valence-electron chi connectivity index (χ2n) is 3.03. The molecule has 1 N–H and O–H groups in total. The number of aliphatic hydroxyl groups is 1. The summed E-state index contributed by atoms with van der Waals surface area (Å²) in [5.74, 6) is 1.66.